The van der Waals surface area contributed by atoms with Crippen LogP contribution in [0.3, 0.4) is 0 Å². The normalized spacial score (nSPS) is 11.7. The molecule has 6 heteroatoms. The molecule has 0 radical (unpaired) electrons. The molecule has 1 aromatic rings. The Morgan fingerprint density at radius 2 is 1.59 bits per heavy atom. The number of amides is 1. The van der Waals surface area contributed by atoms with E-state index in [2.05, 4.69) is 24.1 Å². The van der Waals surface area contributed by atoms with E-state index >= 15 is 0 Å². The Morgan fingerprint density at radius 1 is 1.05 bits per heavy atom. The predicted molar refractivity (Wildman–Crippen MR) is 81.7 cm³/mol. The second-order valence-electron chi connectivity index (χ2n) is 5.21. The number of halogens is 3. The summed E-state index contributed by atoms with van der Waals surface area (Å²) in [6.07, 6.45) is -1.97. The molecule has 0 fully saturated rings. The molecule has 0 atom stereocenters. The van der Waals surface area contributed by atoms with Gasteiger partial charge in [0.1, 0.15) is 0 Å². The van der Waals surface area contributed by atoms with E-state index in [0.29, 0.717) is 18.7 Å². The quantitative estimate of drug-likeness (QED) is 0.781. The Kier molecular flexibility index (Phi) is 7.38. The lowest BCUT2D eigenvalue weighted by Gasteiger charge is -2.20. The van der Waals surface area contributed by atoms with Gasteiger partial charge in [-0.25, -0.2) is 0 Å². The molecule has 1 amide bonds. The fraction of sp³-hybridized carbons (Fsp3) is 0.562. The van der Waals surface area contributed by atoms with Crippen molar-refractivity contribution in [1.29, 1.82) is 0 Å². The van der Waals surface area contributed by atoms with Crippen LogP contribution in [0.25, 0.3) is 0 Å². The monoisotopic (exact) mass is 316 g/mol. The third kappa shape index (κ3) is 6.47. The van der Waals surface area contributed by atoms with Crippen molar-refractivity contribution in [3.05, 3.63) is 29.8 Å². The molecule has 124 valence electrons. The summed E-state index contributed by atoms with van der Waals surface area (Å²) in [4.78, 5) is 14.1. The zero-order chi connectivity index (χ0) is 16.6. The molecule has 0 aliphatic heterocycles. The maximum absolute atomic E-state index is 12.4. The van der Waals surface area contributed by atoms with Gasteiger partial charge in [0.15, 0.2) is 0 Å². The molecule has 0 saturated heterocycles. The maximum atomic E-state index is 12.4. The van der Waals surface area contributed by atoms with Crippen LogP contribution >= 0.6 is 0 Å². The first kappa shape index (κ1) is 18.5. The molecule has 0 spiro atoms. The van der Waals surface area contributed by atoms with Gasteiger partial charge in [0.25, 0.3) is 0 Å². The number of alkyl halides is 3. The van der Waals surface area contributed by atoms with Crippen molar-refractivity contribution in [2.24, 2.45) is 0 Å². The second-order valence-corrected chi connectivity index (χ2v) is 5.21. The third-order valence-corrected chi connectivity index (χ3v) is 3.23. The highest BCUT2D eigenvalue weighted by atomic mass is 19.4. The summed E-state index contributed by atoms with van der Waals surface area (Å²) in [5.41, 5.74) is -0.335. The summed E-state index contributed by atoms with van der Waals surface area (Å²) >= 11 is 0. The van der Waals surface area contributed by atoms with Gasteiger partial charge in [0, 0.05) is 18.7 Å². The summed E-state index contributed by atoms with van der Waals surface area (Å²) in [6, 6.07) is 4.49. The van der Waals surface area contributed by atoms with Crippen LogP contribution in [0.2, 0.25) is 0 Å². The lowest BCUT2D eigenvalue weighted by molar-refractivity contribution is -0.137. The zero-order valence-corrected chi connectivity index (χ0v) is 13.0. The van der Waals surface area contributed by atoms with Crippen molar-refractivity contribution in [3.8, 4) is 0 Å². The summed E-state index contributed by atoms with van der Waals surface area (Å²) in [5.74, 6) is -0.183. The van der Waals surface area contributed by atoms with Crippen LogP contribution in [0.5, 0.6) is 0 Å². The first-order chi connectivity index (χ1) is 10.4. The van der Waals surface area contributed by atoms with E-state index in [-0.39, 0.29) is 5.91 Å². The number of carbonyl (C=O) groups excluding carboxylic acids is 1. The Balaban J connectivity index is 2.47. The van der Waals surface area contributed by atoms with Crippen molar-refractivity contribution in [3.63, 3.8) is 0 Å². The molecule has 0 aliphatic carbocycles. The fourth-order valence-corrected chi connectivity index (χ4v) is 2.19. The van der Waals surface area contributed by atoms with Crippen LogP contribution in [0, 0.1) is 0 Å². The van der Waals surface area contributed by atoms with E-state index in [9.17, 15) is 18.0 Å². The molecular formula is C16H23F3N2O. The average Bonchev–Trinajstić information content (AvgIpc) is 2.45. The lowest BCUT2D eigenvalue weighted by Crippen LogP contribution is -2.29. The Labute approximate surface area is 129 Å². The molecule has 1 rings (SSSR count). The number of hydrogen-bond donors (Lipinski definition) is 1. The molecule has 0 aromatic heterocycles. The number of nitrogens with one attached hydrogen (secondary N) is 1. The minimum atomic E-state index is -4.36. The topological polar surface area (TPSA) is 32.3 Å². The summed E-state index contributed by atoms with van der Waals surface area (Å²) in [6.45, 7) is 6.73. The van der Waals surface area contributed by atoms with Crippen LogP contribution in [0.1, 0.15) is 38.7 Å². The van der Waals surface area contributed by atoms with Gasteiger partial charge >= 0.3 is 6.18 Å². The molecule has 1 N–H and O–H groups in total. The number of benzene rings is 1. The highest BCUT2D eigenvalue weighted by molar-refractivity contribution is 5.90. The summed E-state index contributed by atoms with van der Waals surface area (Å²) in [5, 5.41) is 2.63. The number of hydrogen-bond acceptors (Lipinski definition) is 2. The van der Waals surface area contributed by atoms with Crippen LogP contribution < -0.4 is 5.32 Å². The standard InChI is InChI=1S/C16H23F3N2O/c1-3-10-21(11-4-2)12-9-15(22)20-14-7-5-13(6-8-14)16(17,18)19/h5-8H,3-4,9-12H2,1-2H3,(H,20,22). The van der Waals surface area contributed by atoms with E-state index in [1.165, 1.54) is 12.1 Å². The molecule has 0 aliphatic rings. The molecule has 22 heavy (non-hydrogen) atoms. The van der Waals surface area contributed by atoms with Crippen molar-refractivity contribution in [2.45, 2.75) is 39.3 Å². The van der Waals surface area contributed by atoms with Gasteiger partial charge in [-0.15, -0.1) is 0 Å². The van der Waals surface area contributed by atoms with Crippen LogP contribution in [0.15, 0.2) is 24.3 Å². The molecule has 3 nitrogen and oxygen atoms in total. The Hall–Kier alpha value is -1.56. The molecular weight excluding hydrogens is 293 g/mol. The first-order valence-corrected chi connectivity index (χ1v) is 7.56. The van der Waals surface area contributed by atoms with Crippen LogP contribution in [0.4, 0.5) is 18.9 Å². The van der Waals surface area contributed by atoms with E-state index in [0.717, 1.165) is 38.1 Å². The molecule has 0 saturated carbocycles. The molecule has 0 bridgehead atoms. The number of carbonyl (C=O) groups is 1. The maximum Gasteiger partial charge on any atom is 0.416 e. The minimum Gasteiger partial charge on any atom is -0.326 e. The average molecular weight is 316 g/mol. The Bertz CT molecular complexity index is 451. The van der Waals surface area contributed by atoms with Gasteiger partial charge in [0.05, 0.1) is 5.56 Å². The van der Waals surface area contributed by atoms with E-state index in [1.54, 1.807) is 0 Å². The number of rotatable bonds is 8. The predicted octanol–water partition coefficient (Wildman–Crippen LogP) is 4.16. The lowest BCUT2D eigenvalue weighted by atomic mass is 10.2. The second kappa shape index (κ2) is 8.78. The minimum absolute atomic E-state index is 0.183. The van der Waals surface area contributed by atoms with Gasteiger partial charge in [0.2, 0.25) is 5.91 Å². The van der Waals surface area contributed by atoms with Gasteiger partial charge in [-0.1, -0.05) is 13.8 Å². The van der Waals surface area contributed by atoms with E-state index in [1.807, 2.05) is 0 Å². The highest BCUT2D eigenvalue weighted by Crippen LogP contribution is 2.29. The van der Waals surface area contributed by atoms with Crippen LogP contribution in [-0.4, -0.2) is 30.4 Å². The van der Waals surface area contributed by atoms with E-state index < -0.39 is 11.7 Å². The van der Waals surface area contributed by atoms with Crippen molar-refractivity contribution in [1.82, 2.24) is 4.90 Å². The summed E-state index contributed by atoms with van der Waals surface area (Å²) < 4.78 is 37.3. The smallest absolute Gasteiger partial charge is 0.326 e. The summed E-state index contributed by atoms with van der Waals surface area (Å²) in [7, 11) is 0. The fourth-order valence-electron chi connectivity index (χ4n) is 2.19. The van der Waals surface area contributed by atoms with E-state index in [4.69, 9.17) is 0 Å². The number of anilines is 1. The van der Waals surface area contributed by atoms with Gasteiger partial charge < -0.3 is 10.2 Å². The molecule has 0 heterocycles. The van der Waals surface area contributed by atoms with Gasteiger partial charge in [-0.3, -0.25) is 4.79 Å². The zero-order valence-electron chi connectivity index (χ0n) is 13.0. The number of nitrogens with zero attached hydrogens (tertiary/aromatic N) is 1. The highest BCUT2D eigenvalue weighted by Gasteiger charge is 2.29. The van der Waals surface area contributed by atoms with Crippen molar-refractivity contribution >= 4 is 11.6 Å². The molecule has 0 unspecified atom stereocenters. The van der Waals surface area contributed by atoms with Crippen molar-refractivity contribution < 1.29 is 18.0 Å². The SMILES string of the molecule is CCCN(CCC)CCC(=O)Nc1ccc(C(F)(F)F)cc1. The van der Waals surface area contributed by atoms with Gasteiger partial charge in [-0.05, 0) is 50.2 Å². The van der Waals surface area contributed by atoms with Gasteiger partial charge in [-0.2, -0.15) is 13.2 Å². The van der Waals surface area contributed by atoms with Crippen molar-refractivity contribution in [2.75, 3.05) is 25.0 Å². The first-order valence-electron chi connectivity index (χ1n) is 7.56. The van der Waals surface area contributed by atoms with Crippen LogP contribution in [-0.2, 0) is 11.0 Å². The third-order valence-electron chi connectivity index (χ3n) is 3.23. The molecule has 1 aromatic carbocycles. The largest absolute Gasteiger partial charge is 0.416 e. The Morgan fingerprint density at radius 3 is 2.05 bits per heavy atom.